The summed E-state index contributed by atoms with van der Waals surface area (Å²) in [5.74, 6) is -0.436. The molecular formula is C32H41N3O5S. The molecule has 3 aromatic carbocycles. The van der Waals surface area contributed by atoms with E-state index in [0.717, 1.165) is 45.7 Å². The molecule has 2 amide bonds. The van der Waals surface area contributed by atoms with Crippen molar-refractivity contribution in [3.63, 3.8) is 0 Å². The van der Waals surface area contributed by atoms with Crippen LogP contribution in [0.1, 0.15) is 42.0 Å². The van der Waals surface area contributed by atoms with Gasteiger partial charge in [0.05, 0.1) is 19.1 Å². The zero-order chi connectivity index (χ0) is 30.0. The number of carbonyl (C=O) groups excluding carboxylic acids is 2. The van der Waals surface area contributed by atoms with Gasteiger partial charge in [0.1, 0.15) is 18.3 Å². The smallest absolute Gasteiger partial charge is 0.244 e. The molecule has 0 saturated heterocycles. The number of aryl methyl sites for hydroxylation is 2. The minimum Gasteiger partial charge on any atom is -0.495 e. The number of hydrogen-bond donors (Lipinski definition) is 1. The van der Waals surface area contributed by atoms with Crippen LogP contribution < -0.4 is 14.4 Å². The van der Waals surface area contributed by atoms with Gasteiger partial charge in [-0.05, 0) is 54.7 Å². The van der Waals surface area contributed by atoms with Crippen molar-refractivity contribution in [2.24, 2.45) is 0 Å². The average Bonchev–Trinajstić information content (AvgIpc) is 2.94. The summed E-state index contributed by atoms with van der Waals surface area (Å²) in [5, 5.41) is 3.00. The Morgan fingerprint density at radius 3 is 2.29 bits per heavy atom. The molecule has 0 bridgehead atoms. The molecule has 0 spiro atoms. The number of carbonyl (C=O) groups is 2. The first-order valence-electron chi connectivity index (χ1n) is 13.8. The van der Waals surface area contributed by atoms with Crippen molar-refractivity contribution in [3.05, 3.63) is 95.1 Å². The third-order valence-electron chi connectivity index (χ3n) is 6.98. The largest absolute Gasteiger partial charge is 0.495 e. The molecule has 0 aliphatic carbocycles. The van der Waals surface area contributed by atoms with Crippen molar-refractivity contribution in [1.82, 2.24) is 10.2 Å². The van der Waals surface area contributed by atoms with Crippen molar-refractivity contribution in [3.8, 4) is 5.75 Å². The number of unbranched alkanes of at least 4 members (excludes halogenated alkanes) is 1. The van der Waals surface area contributed by atoms with E-state index in [9.17, 15) is 18.0 Å². The van der Waals surface area contributed by atoms with Crippen LogP contribution in [0.25, 0.3) is 0 Å². The van der Waals surface area contributed by atoms with E-state index in [1.807, 2.05) is 81.4 Å². The Morgan fingerprint density at radius 1 is 0.976 bits per heavy atom. The standard InChI is InChI=1S/C32H41N3O5S/c1-6-7-19-33-32(37)29(21-26-14-9-8-10-15-26)34(22-27-16-12-11-13-25(27)3)31(36)23-35(41(5,38)39)28-20-24(2)17-18-30(28)40-4/h8-18,20,29H,6-7,19,21-23H2,1-5H3,(H,33,37)/t29-/m0/s1. The van der Waals surface area contributed by atoms with Gasteiger partial charge in [-0.2, -0.15) is 0 Å². The number of rotatable bonds is 14. The molecule has 0 aromatic heterocycles. The van der Waals surface area contributed by atoms with Gasteiger partial charge in [0.25, 0.3) is 0 Å². The van der Waals surface area contributed by atoms with Gasteiger partial charge < -0.3 is 15.0 Å². The number of sulfonamides is 1. The molecule has 0 aliphatic rings. The van der Waals surface area contributed by atoms with Gasteiger partial charge in [-0.15, -0.1) is 0 Å². The Labute approximate surface area is 244 Å². The van der Waals surface area contributed by atoms with Crippen molar-refractivity contribution >= 4 is 27.5 Å². The summed E-state index contributed by atoms with van der Waals surface area (Å²) in [6.07, 6.45) is 3.07. The lowest BCUT2D eigenvalue weighted by atomic mass is 10.0. The summed E-state index contributed by atoms with van der Waals surface area (Å²) in [6, 6.07) is 21.5. The lowest BCUT2D eigenvalue weighted by molar-refractivity contribution is -0.140. The molecule has 0 aliphatic heterocycles. The van der Waals surface area contributed by atoms with Crippen molar-refractivity contribution < 1.29 is 22.7 Å². The molecule has 41 heavy (non-hydrogen) atoms. The topological polar surface area (TPSA) is 96.0 Å². The van der Waals surface area contributed by atoms with E-state index in [-0.39, 0.29) is 24.6 Å². The highest BCUT2D eigenvalue weighted by Crippen LogP contribution is 2.31. The summed E-state index contributed by atoms with van der Waals surface area (Å²) < 4.78 is 32.7. The second-order valence-corrected chi connectivity index (χ2v) is 12.1. The maximum atomic E-state index is 14.2. The molecule has 3 rings (SSSR count). The fourth-order valence-electron chi connectivity index (χ4n) is 4.62. The molecule has 1 N–H and O–H groups in total. The van der Waals surface area contributed by atoms with Crippen molar-refractivity contribution in [1.29, 1.82) is 0 Å². The van der Waals surface area contributed by atoms with Crippen LogP contribution in [0.15, 0.2) is 72.8 Å². The monoisotopic (exact) mass is 579 g/mol. The molecule has 0 unspecified atom stereocenters. The maximum absolute atomic E-state index is 14.2. The minimum atomic E-state index is -3.89. The van der Waals surface area contributed by atoms with E-state index in [2.05, 4.69) is 5.32 Å². The molecule has 1 atom stereocenters. The van der Waals surface area contributed by atoms with E-state index >= 15 is 0 Å². The summed E-state index contributed by atoms with van der Waals surface area (Å²) in [4.78, 5) is 29.4. The van der Waals surface area contributed by atoms with Gasteiger partial charge in [-0.1, -0.05) is 74.0 Å². The van der Waals surface area contributed by atoms with Crippen molar-refractivity contribution in [2.75, 3.05) is 30.8 Å². The Balaban J connectivity index is 2.09. The molecule has 220 valence electrons. The molecule has 0 heterocycles. The lowest BCUT2D eigenvalue weighted by Crippen LogP contribution is -2.53. The SMILES string of the molecule is CCCCNC(=O)[C@H](Cc1ccccc1)N(Cc1ccccc1C)C(=O)CN(c1cc(C)ccc1OC)S(C)(=O)=O. The highest BCUT2D eigenvalue weighted by atomic mass is 32.2. The van der Waals surface area contributed by atoms with Gasteiger partial charge in [0, 0.05) is 19.5 Å². The van der Waals surface area contributed by atoms with Crippen LogP contribution in [0.5, 0.6) is 5.75 Å². The fraction of sp³-hybridized carbons (Fsp3) is 0.375. The second kappa shape index (κ2) is 14.7. The fourth-order valence-corrected chi connectivity index (χ4v) is 5.47. The Morgan fingerprint density at radius 2 is 1.66 bits per heavy atom. The average molecular weight is 580 g/mol. The predicted molar refractivity (Wildman–Crippen MR) is 164 cm³/mol. The molecule has 8 nitrogen and oxygen atoms in total. The zero-order valence-corrected chi connectivity index (χ0v) is 25.4. The van der Waals surface area contributed by atoms with Crippen LogP contribution in [0.4, 0.5) is 5.69 Å². The van der Waals surface area contributed by atoms with E-state index in [1.54, 1.807) is 12.1 Å². The quantitative estimate of drug-likeness (QED) is 0.281. The Bertz CT molecular complexity index is 1430. The van der Waals surface area contributed by atoms with Crippen LogP contribution >= 0.6 is 0 Å². The van der Waals surface area contributed by atoms with Gasteiger partial charge in [-0.25, -0.2) is 8.42 Å². The number of amides is 2. The number of methoxy groups -OCH3 is 1. The van der Waals surface area contributed by atoms with Gasteiger partial charge in [0.2, 0.25) is 21.8 Å². The molecule has 0 saturated carbocycles. The third kappa shape index (κ3) is 8.82. The Kier molecular flexibility index (Phi) is 11.3. The van der Waals surface area contributed by atoms with E-state index in [0.29, 0.717) is 12.3 Å². The van der Waals surface area contributed by atoms with E-state index in [4.69, 9.17) is 4.74 Å². The predicted octanol–water partition coefficient (Wildman–Crippen LogP) is 4.63. The van der Waals surface area contributed by atoms with Crippen molar-refractivity contribution in [2.45, 2.75) is 52.6 Å². The van der Waals surface area contributed by atoms with Gasteiger partial charge in [0.15, 0.2) is 0 Å². The van der Waals surface area contributed by atoms with E-state index in [1.165, 1.54) is 12.0 Å². The third-order valence-corrected chi connectivity index (χ3v) is 8.11. The number of nitrogens with zero attached hydrogens (tertiary/aromatic N) is 2. The van der Waals surface area contributed by atoms with Crippen LogP contribution in [0.3, 0.4) is 0 Å². The summed E-state index contributed by atoms with van der Waals surface area (Å²) >= 11 is 0. The van der Waals surface area contributed by atoms with Crippen LogP contribution in [0, 0.1) is 13.8 Å². The Hall–Kier alpha value is -3.85. The number of hydrogen-bond acceptors (Lipinski definition) is 5. The van der Waals surface area contributed by atoms with Gasteiger partial charge >= 0.3 is 0 Å². The second-order valence-electron chi connectivity index (χ2n) is 10.2. The first-order valence-corrected chi connectivity index (χ1v) is 15.7. The summed E-state index contributed by atoms with van der Waals surface area (Å²) in [5.41, 5.74) is 3.82. The maximum Gasteiger partial charge on any atom is 0.244 e. The first kappa shape index (κ1) is 31.7. The summed E-state index contributed by atoms with van der Waals surface area (Å²) in [7, 11) is -2.44. The summed E-state index contributed by atoms with van der Waals surface area (Å²) in [6.45, 7) is 5.98. The van der Waals surface area contributed by atoms with E-state index < -0.39 is 28.5 Å². The number of ether oxygens (including phenoxy) is 1. The van der Waals surface area contributed by atoms with Crippen LogP contribution in [-0.2, 0) is 32.6 Å². The molecule has 9 heteroatoms. The molecular weight excluding hydrogens is 538 g/mol. The molecule has 0 fully saturated rings. The molecule has 3 aromatic rings. The van der Waals surface area contributed by atoms with Crippen LogP contribution in [0.2, 0.25) is 0 Å². The lowest BCUT2D eigenvalue weighted by Gasteiger charge is -2.34. The number of anilines is 1. The number of benzene rings is 3. The molecule has 0 radical (unpaired) electrons. The highest BCUT2D eigenvalue weighted by Gasteiger charge is 2.33. The zero-order valence-electron chi connectivity index (χ0n) is 24.6. The van der Waals surface area contributed by atoms with Crippen LogP contribution in [-0.4, -0.2) is 57.6 Å². The highest BCUT2D eigenvalue weighted by molar-refractivity contribution is 7.92. The number of nitrogens with one attached hydrogen (secondary N) is 1. The minimum absolute atomic E-state index is 0.146. The van der Waals surface area contributed by atoms with Gasteiger partial charge in [-0.3, -0.25) is 13.9 Å². The first-order chi connectivity index (χ1) is 19.5. The normalized spacial score (nSPS) is 11.9.